The van der Waals surface area contributed by atoms with Crippen LogP contribution < -0.4 is 10.6 Å². The second kappa shape index (κ2) is 8.08. The quantitative estimate of drug-likeness (QED) is 0.638. The van der Waals surface area contributed by atoms with Crippen LogP contribution in [0.15, 0.2) is 58.9 Å². The maximum atomic E-state index is 14.2. The van der Waals surface area contributed by atoms with Crippen LogP contribution in [0.1, 0.15) is 62.6 Å². The molecule has 1 aromatic heterocycles. The highest BCUT2D eigenvalue weighted by Gasteiger charge is 2.39. The lowest BCUT2D eigenvalue weighted by Gasteiger charge is -2.34. The number of Topliss-reactive ketones (excluding diaryl/α,β-unsaturated/α-hetero) is 1. The van der Waals surface area contributed by atoms with E-state index in [1.807, 2.05) is 13.0 Å². The van der Waals surface area contributed by atoms with Gasteiger partial charge < -0.3 is 10.6 Å². The molecule has 6 heteroatoms. The van der Waals surface area contributed by atoms with E-state index < -0.39 is 17.6 Å². The molecule has 1 aromatic carbocycles. The highest BCUT2D eigenvalue weighted by Crippen LogP contribution is 2.45. The van der Waals surface area contributed by atoms with E-state index in [9.17, 15) is 14.0 Å². The molecular weight excluding hydrogens is 411 g/mol. The van der Waals surface area contributed by atoms with Crippen LogP contribution in [0.3, 0.4) is 0 Å². The lowest BCUT2D eigenvalue weighted by atomic mass is 9.77. The van der Waals surface area contributed by atoms with Gasteiger partial charge in [0, 0.05) is 38.7 Å². The van der Waals surface area contributed by atoms with Crippen molar-refractivity contribution in [3.8, 4) is 0 Å². The van der Waals surface area contributed by atoms with Crippen LogP contribution in [0.5, 0.6) is 0 Å². The molecule has 2 aliphatic rings. The van der Waals surface area contributed by atoms with E-state index in [4.69, 9.17) is 0 Å². The number of hydrogen-bond donors (Lipinski definition) is 2. The first-order valence-electron chi connectivity index (χ1n) is 10.6. The molecule has 162 valence electrons. The summed E-state index contributed by atoms with van der Waals surface area (Å²) in [5.41, 5.74) is 2.86. The Labute approximate surface area is 186 Å². The third-order valence-electron chi connectivity index (χ3n) is 5.79. The molecule has 2 N–H and O–H groups in total. The molecule has 1 unspecified atom stereocenters. The van der Waals surface area contributed by atoms with E-state index in [2.05, 4.69) is 37.5 Å². The van der Waals surface area contributed by atoms with Gasteiger partial charge in [0.15, 0.2) is 5.78 Å². The summed E-state index contributed by atoms with van der Waals surface area (Å²) in [5, 5.41) is 6.02. The van der Waals surface area contributed by atoms with E-state index in [0.717, 1.165) is 23.4 Å². The van der Waals surface area contributed by atoms with Crippen LogP contribution in [0, 0.1) is 5.82 Å². The van der Waals surface area contributed by atoms with Crippen LogP contribution in [0.25, 0.3) is 0 Å². The molecule has 0 saturated heterocycles. The van der Waals surface area contributed by atoms with Crippen LogP contribution in [-0.4, -0.2) is 11.7 Å². The van der Waals surface area contributed by atoms with Gasteiger partial charge in [-0.25, -0.2) is 4.39 Å². The molecule has 1 aliphatic carbocycles. The Hall–Kier alpha value is -2.73. The topological polar surface area (TPSA) is 58.2 Å². The third-order valence-corrected chi connectivity index (χ3v) is 7.37. The first kappa shape index (κ1) is 21.5. The Kier molecular flexibility index (Phi) is 5.60. The number of halogens is 1. The van der Waals surface area contributed by atoms with Gasteiger partial charge in [-0.05, 0) is 49.4 Å². The summed E-state index contributed by atoms with van der Waals surface area (Å²) in [6.07, 6.45) is 2.07. The molecule has 4 nitrogen and oxygen atoms in total. The van der Waals surface area contributed by atoms with Gasteiger partial charge in [-0.3, -0.25) is 9.59 Å². The molecule has 1 aliphatic heterocycles. The smallest absolute Gasteiger partial charge is 0.254 e. The second-order valence-corrected chi connectivity index (χ2v) is 10.3. The number of benzene rings is 1. The van der Waals surface area contributed by atoms with E-state index in [1.165, 1.54) is 17.0 Å². The summed E-state index contributed by atoms with van der Waals surface area (Å²) in [4.78, 5) is 28.5. The van der Waals surface area contributed by atoms with Crippen LogP contribution in [-0.2, 0) is 15.0 Å². The number of rotatable bonds is 3. The molecule has 0 fully saturated rings. The highest BCUT2D eigenvalue weighted by molar-refractivity contribution is 7.12. The molecule has 2 aromatic rings. The van der Waals surface area contributed by atoms with Crippen molar-refractivity contribution in [2.45, 2.75) is 58.3 Å². The number of para-hydroxylation sites is 1. The fourth-order valence-corrected chi connectivity index (χ4v) is 5.42. The normalized spacial score (nSPS) is 19.3. The first-order chi connectivity index (χ1) is 14.7. The van der Waals surface area contributed by atoms with E-state index in [0.29, 0.717) is 23.3 Å². The third kappa shape index (κ3) is 4.09. The maximum absolute atomic E-state index is 14.2. The van der Waals surface area contributed by atoms with Gasteiger partial charge >= 0.3 is 0 Å². The van der Waals surface area contributed by atoms with Gasteiger partial charge in [0.05, 0.1) is 11.6 Å². The molecule has 0 radical (unpaired) electrons. The minimum absolute atomic E-state index is 0.0298. The number of ketones is 1. The van der Waals surface area contributed by atoms with Gasteiger partial charge in [-0.15, -0.1) is 11.3 Å². The maximum Gasteiger partial charge on any atom is 0.254 e. The average Bonchev–Trinajstić information content (AvgIpc) is 3.19. The monoisotopic (exact) mass is 438 g/mol. The largest absolute Gasteiger partial charge is 0.362 e. The molecule has 2 heterocycles. The Morgan fingerprint density at radius 2 is 1.90 bits per heavy atom. The van der Waals surface area contributed by atoms with Crippen molar-refractivity contribution < 1.29 is 14.0 Å². The number of thiophene rings is 1. The average molecular weight is 439 g/mol. The zero-order valence-corrected chi connectivity index (χ0v) is 19.1. The fourth-order valence-electron chi connectivity index (χ4n) is 4.23. The summed E-state index contributed by atoms with van der Waals surface area (Å²) in [6, 6.07) is 10.2. The number of amides is 1. The number of carbonyl (C=O) groups is 2. The molecule has 0 spiro atoms. The van der Waals surface area contributed by atoms with Gasteiger partial charge in [-0.2, -0.15) is 0 Å². The Morgan fingerprint density at radius 1 is 1.16 bits per heavy atom. The van der Waals surface area contributed by atoms with E-state index in [1.54, 1.807) is 23.5 Å². The summed E-state index contributed by atoms with van der Waals surface area (Å²) in [5.74, 6) is -1.25. The van der Waals surface area contributed by atoms with Crippen LogP contribution >= 0.6 is 11.3 Å². The van der Waals surface area contributed by atoms with Crippen molar-refractivity contribution in [2.75, 3.05) is 5.32 Å². The molecular formula is C25H27FN2O2S. The van der Waals surface area contributed by atoms with Gasteiger partial charge in [0.1, 0.15) is 5.82 Å². The van der Waals surface area contributed by atoms with Crippen molar-refractivity contribution in [3.63, 3.8) is 0 Å². The molecule has 31 heavy (non-hydrogen) atoms. The van der Waals surface area contributed by atoms with Crippen molar-refractivity contribution in [1.29, 1.82) is 0 Å². The summed E-state index contributed by atoms with van der Waals surface area (Å²) >= 11 is 1.63. The lowest BCUT2D eigenvalue weighted by Crippen LogP contribution is -2.35. The standard InChI is InChI=1S/C25H27FN2O2S/c1-14-21(24(30)28-16-9-6-5-8-15(16)26)23(19-12-13-20(31-19)25(2,3)4)22-17(27-14)10-7-11-18(22)29/h5-6,8-9,12-13,23,27H,7,10-11H2,1-4H3,(H,28,30). The van der Waals surface area contributed by atoms with Gasteiger partial charge in [0.25, 0.3) is 5.91 Å². The summed E-state index contributed by atoms with van der Waals surface area (Å²) in [6.45, 7) is 8.29. The molecule has 4 rings (SSSR count). The van der Waals surface area contributed by atoms with Crippen molar-refractivity contribution in [3.05, 3.63) is 74.5 Å². The van der Waals surface area contributed by atoms with Crippen molar-refractivity contribution >= 4 is 28.7 Å². The number of allylic oxidation sites excluding steroid dienone is 3. The Bertz CT molecular complexity index is 1120. The van der Waals surface area contributed by atoms with E-state index >= 15 is 0 Å². The fraction of sp³-hybridized carbons (Fsp3) is 0.360. The van der Waals surface area contributed by atoms with Crippen molar-refractivity contribution in [1.82, 2.24) is 5.32 Å². The number of dihydropyridines is 1. The number of hydrogen-bond acceptors (Lipinski definition) is 4. The van der Waals surface area contributed by atoms with Crippen LogP contribution in [0.4, 0.5) is 10.1 Å². The van der Waals surface area contributed by atoms with Gasteiger partial charge in [-0.1, -0.05) is 32.9 Å². The zero-order chi connectivity index (χ0) is 22.3. The number of anilines is 1. The molecule has 0 saturated carbocycles. The Balaban J connectivity index is 1.80. The predicted molar refractivity (Wildman–Crippen MR) is 123 cm³/mol. The summed E-state index contributed by atoms with van der Waals surface area (Å²) in [7, 11) is 0. The van der Waals surface area contributed by atoms with E-state index in [-0.39, 0.29) is 16.9 Å². The minimum atomic E-state index is -0.491. The summed E-state index contributed by atoms with van der Waals surface area (Å²) < 4.78 is 14.2. The highest BCUT2D eigenvalue weighted by atomic mass is 32.1. The molecule has 1 amide bonds. The molecule has 1 atom stereocenters. The molecule has 0 bridgehead atoms. The second-order valence-electron chi connectivity index (χ2n) is 9.15. The SMILES string of the molecule is CC1=C(C(=O)Nc2ccccc2F)C(c2ccc(C(C)(C)C)s2)C2=C(CCCC2=O)N1. The lowest BCUT2D eigenvalue weighted by molar-refractivity contribution is -0.116. The first-order valence-corrected chi connectivity index (χ1v) is 11.4. The van der Waals surface area contributed by atoms with Crippen molar-refractivity contribution in [2.24, 2.45) is 0 Å². The number of nitrogens with one attached hydrogen (secondary N) is 2. The Morgan fingerprint density at radius 3 is 2.58 bits per heavy atom. The van der Waals surface area contributed by atoms with Crippen LogP contribution in [0.2, 0.25) is 0 Å². The zero-order valence-electron chi connectivity index (χ0n) is 18.3. The predicted octanol–water partition coefficient (Wildman–Crippen LogP) is 5.79. The number of carbonyl (C=O) groups excluding carboxylic acids is 2. The van der Waals surface area contributed by atoms with Gasteiger partial charge in [0.2, 0.25) is 0 Å². The minimum Gasteiger partial charge on any atom is -0.362 e.